The third-order valence-electron chi connectivity index (χ3n) is 2.28. The van der Waals surface area contributed by atoms with Gasteiger partial charge < -0.3 is 0 Å². The Kier molecular flexibility index (Phi) is 3.47. The predicted molar refractivity (Wildman–Crippen MR) is 62.0 cm³/mol. The van der Waals surface area contributed by atoms with E-state index < -0.39 is 12.7 Å². The quantitative estimate of drug-likeness (QED) is 0.870. The van der Waals surface area contributed by atoms with Crippen LogP contribution in [0.4, 0.5) is 13.2 Å². The highest BCUT2D eigenvalue weighted by atomic mass is 79.9. The molecule has 18 heavy (non-hydrogen) atoms. The smallest absolute Gasteiger partial charge is 0.274 e. The fourth-order valence-electron chi connectivity index (χ4n) is 1.62. The van der Waals surface area contributed by atoms with Crippen molar-refractivity contribution in [2.75, 3.05) is 0 Å². The standard InChI is InChI=1S/C10H10BrF3N4/c1-17-5-8(9(11)16-17)2-7-3-15-18(4-7)6-10(12,13)14/h3-5H,2,6H2,1H3. The Labute approximate surface area is 110 Å². The van der Waals surface area contributed by atoms with Crippen LogP contribution in [0.25, 0.3) is 0 Å². The molecule has 0 aliphatic rings. The lowest BCUT2D eigenvalue weighted by Gasteiger charge is -2.04. The summed E-state index contributed by atoms with van der Waals surface area (Å²) >= 11 is 3.29. The molecule has 2 rings (SSSR count). The van der Waals surface area contributed by atoms with Crippen LogP contribution < -0.4 is 0 Å². The molecule has 8 heteroatoms. The van der Waals surface area contributed by atoms with Crippen molar-refractivity contribution in [3.8, 4) is 0 Å². The molecule has 0 aliphatic carbocycles. The van der Waals surface area contributed by atoms with Crippen LogP contribution in [0.15, 0.2) is 23.2 Å². The summed E-state index contributed by atoms with van der Waals surface area (Å²) < 4.78 is 39.7. The van der Waals surface area contributed by atoms with Crippen LogP contribution >= 0.6 is 15.9 Å². The Morgan fingerprint density at radius 1 is 1.33 bits per heavy atom. The van der Waals surface area contributed by atoms with Crippen LogP contribution in [0.5, 0.6) is 0 Å². The SMILES string of the molecule is Cn1cc(Cc2cnn(CC(F)(F)F)c2)c(Br)n1. The number of halogens is 4. The van der Waals surface area contributed by atoms with Crippen molar-refractivity contribution >= 4 is 15.9 Å². The first-order chi connectivity index (χ1) is 8.33. The van der Waals surface area contributed by atoms with Crippen LogP contribution in [-0.2, 0) is 20.0 Å². The molecule has 4 nitrogen and oxygen atoms in total. The van der Waals surface area contributed by atoms with E-state index in [0.717, 1.165) is 10.2 Å². The van der Waals surface area contributed by atoms with Crippen molar-refractivity contribution in [1.29, 1.82) is 0 Å². The van der Waals surface area contributed by atoms with Crippen LogP contribution in [0.3, 0.4) is 0 Å². The number of alkyl halides is 3. The van der Waals surface area contributed by atoms with Gasteiger partial charge in [-0.2, -0.15) is 23.4 Å². The minimum Gasteiger partial charge on any atom is -0.274 e. The Morgan fingerprint density at radius 2 is 2.06 bits per heavy atom. The number of nitrogens with zero attached hydrogens (tertiary/aromatic N) is 4. The van der Waals surface area contributed by atoms with E-state index in [1.807, 2.05) is 6.20 Å². The fourth-order valence-corrected chi connectivity index (χ4v) is 2.11. The molecule has 2 heterocycles. The van der Waals surface area contributed by atoms with Gasteiger partial charge in [0.1, 0.15) is 11.1 Å². The van der Waals surface area contributed by atoms with Crippen LogP contribution in [-0.4, -0.2) is 25.7 Å². The zero-order chi connectivity index (χ0) is 13.3. The van der Waals surface area contributed by atoms with Crippen molar-refractivity contribution in [2.45, 2.75) is 19.1 Å². The summed E-state index contributed by atoms with van der Waals surface area (Å²) in [4.78, 5) is 0. The van der Waals surface area contributed by atoms with Crippen LogP contribution in [0.2, 0.25) is 0 Å². The maximum Gasteiger partial charge on any atom is 0.408 e. The minimum atomic E-state index is -4.25. The maximum atomic E-state index is 12.2. The highest BCUT2D eigenvalue weighted by Crippen LogP contribution is 2.20. The summed E-state index contributed by atoms with van der Waals surface area (Å²) in [5.74, 6) is 0. The summed E-state index contributed by atoms with van der Waals surface area (Å²) in [5, 5.41) is 7.79. The van der Waals surface area contributed by atoms with Crippen LogP contribution in [0.1, 0.15) is 11.1 Å². The number of rotatable bonds is 3. The molecule has 0 saturated heterocycles. The van der Waals surface area contributed by atoms with E-state index in [0.29, 0.717) is 16.6 Å². The molecule has 2 aromatic heterocycles. The first-order valence-electron chi connectivity index (χ1n) is 5.09. The van der Waals surface area contributed by atoms with Gasteiger partial charge in [-0.25, -0.2) is 0 Å². The Bertz CT molecular complexity index is 544. The van der Waals surface area contributed by atoms with Gasteiger partial charge >= 0.3 is 6.18 Å². The predicted octanol–water partition coefficient (Wildman–Crippen LogP) is 2.53. The Balaban J connectivity index is 2.09. The second-order valence-corrected chi connectivity index (χ2v) is 4.71. The Hall–Kier alpha value is -1.31. The average molecular weight is 323 g/mol. The van der Waals surface area contributed by atoms with Crippen molar-refractivity contribution in [3.05, 3.63) is 34.3 Å². The van der Waals surface area contributed by atoms with Gasteiger partial charge in [0.05, 0.1) is 6.20 Å². The van der Waals surface area contributed by atoms with Gasteiger partial charge in [-0.3, -0.25) is 9.36 Å². The van der Waals surface area contributed by atoms with E-state index >= 15 is 0 Å². The molecule has 0 fully saturated rings. The number of aromatic nitrogens is 4. The molecule has 0 amide bonds. The first kappa shape index (κ1) is 13.1. The summed E-state index contributed by atoms with van der Waals surface area (Å²) in [6, 6.07) is 0. The van der Waals surface area contributed by atoms with Crippen molar-refractivity contribution < 1.29 is 13.2 Å². The molecular weight excluding hydrogens is 313 g/mol. The summed E-state index contributed by atoms with van der Waals surface area (Å²) in [6.45, 7) is -1.07. The van der Waals surface area contributed by atoms with Gasteiger partial charge in [-0.1, -0.05) is 0 Å². The van der Waals surface area contributed by atoms with Gasteiger partial charge in [0.25, 0.3) is 0 Å². The molecule has 0 saturated carbocycles. The molecule has 0 N–H and O–H groups in total. The minimum absolute atomic E-state index is 0.492. The Morgan fingerprint density at radius 3 is 2.61 bits per heavy atom. The first-order valence-corrected chi connectivity index (χ1v) is 5.89. The van der Waals surface area contributed by atoms with Gasteiger partial charge in [0.2, 0.25) is 0 Å². The van der Waals surface area contributed by atoms with Gasteiger partial charge in [0, 0.05) is 31.4 Å². The van der Waals surface area contributed by atoms with E-state index in [1.165, 1.54) is 12.4 Å². The number of hydrogen-bond acceptors (Lipinski definition) is 2. The zero-order valence-corrected chi connectivity index (χ0v) is 11.0. The fraction of sp³-hybridized carbons (Fsp3) is 0.400. The van der Waals surface area contributed by atoms with E-state index in [-0.39, 0.29) is 0 Å². The maximum absolute atomic E-state index is 12.2. The molecular formula is C10H10BrF3N4. The number of hydrogen-bond donors (Lipinski definition) is 0. The van der Waals surface area contributed by atoms with Crippen LogP contribution in [0, 0.1) is 0 Å². The van der Waals surface area contributed by atoms with Crippen molar-refractivity contribution in [1.82, 2.24) is 19.6 Å². The topological polar surface area (TPSA) is 35.6 Å². The summed E-state index contributed by atoms with van der Waals surface area (Å²) in [5.41, 5.74) is 1.62. The van der Waals surface area contributed by atoms with E-state index in [9.17, 15) is 13.2 Å². The van der Waals surface area contributed by atoms with Crippen molar-refractivity contribution in [2.24, 2.45) is 7.05 Å². The normalized spacial score (nSPS) is 12.1. The lowest BCUT2D eigenvalue weighted by Crippen LogP contribution is -2.17. The highest BCUT2D eigenvalue weighted by molar-refractivity contribution is 9.10. The second-order valence-electron chi connectivity index (χ2n) is 3.96. The largest absolute Gasteiger partial charge is 0.408 e. The summed E-state index contributed by atoms with van der Waals surface area (Å²) in [7, 11) is 1.78. The van der Waals surface area contributed by atoms with E-state index in [2.05, 4.69) is 26.1 Å². The zero-order valence-electron chi connectivity index (χ0n) is 9.45. The van der Waals surface area contributed by atoms with Gasteiger partial charge in [0.15, 0.2) is 0 Å². The lowest BCUT2D eigenvalue weighted by atomic mass is 10.2. The average Bonchev–Trinajstić information content (AvgIpc) is 2.73. The summed E-state index contributed by atoms with van der Waals surface area (Å²) in [6.07, 6.45) is 0.883. The molecule has 0 unspecified atom stereocenters. The second kappa shape index (κ2) is 4.75. The molecule has 0 bridgehead atoms. The van der Waals surface area contributed by atoms with Crippen molar-refractivity contribution in [3.63, 3.8) is 0 Å². The van der Waals surface area contributed by atoms with E-state index in [1.54, 1.807) is 11.7 Å². The molecule has 0 atom stereocenters. The molecule has 98 valence electrons. The third-order valence-corrected chi connectivity index (χ3v) is 2.94. The van der Waals surface area contributed by atoms with Gasteiger partial charge in [-0.05, 0) is 21.5 Å². The molecule has 0 aromatic carbocycles. The molecule has 0 spiro atoms. The van der Waals surface area contributed by atoms with Gasteiger partial charge in [-0.15, -0.1) is 0 Å². The van der Waals surface area contributed by atoms with E-state index in [4.69, 9.17) is 0 Å². The lowest BCUT2D eigenvalue weighted by molar-refractivity contribution is -0.142. The molecule has 0 aliphatic heterocycles. The number of aryl methyl sites for hydroxylation is 1. The monoisotopic (exact) mass is 322 g/mol. The third kappa shape index (κ3) is 3.34. The molecule has 0 radical (unpaired) electrons. The highest BCUT2D eigenvalue weighted by Gasteiger charge is 2.28. The molecule has 2 aromatic rings.